The Morgan fingerprint density at radius 3 is 2.66 bits per heavy atom. The summed E-state index contributed by atoms with van der Waals surface area (Å²) in [7, 11) is 0. The van der Waals surface area contributed by atoms with Gasteiger partial charge in [0.25, 0.3) is 0 Å². The fourth-order valence-electron chi connectivity index (χ4n) is 3.38. The summed E-state index contributed by atoms with van der Waals surface area (Å²) >= 11 is 0. The Balaban J connectivity index is 1.59. The van der Waals surface area contributed by atoms with Gasteiger partial charge in [0, 0.05) is 12.0 Å². The lowest BCUT2D eigenvalue weighted by atomic mass is 10.0. The summed E-state index contributed by atoms with van der Waals surface area (Å²) in [6, 6.07) is 16.1. The molecule has 0 fully saturated rings. The maximum atomic E-state index is 12.8. The van der Waals surface area contributed by atoms with Crippen LogP contribution < -0.4 is 5.69 Å². The summed E-state index contributed by atoms with van der Waals surface area (Å²) < 4.78 is 3.11. The van der Waals surface area contributed by atoms with E-state index in [9.17, 15) is 4.79 Å². The van der Waals surface area contributed by atoms with Gasteiger partial charge in [-0.1, -0.05) is 55.5 Å². The van der Waals surface area contributed by atoms with Crippen LogP contribution >= 0.6 is 0 Å². The number of allylic oxidation sites excluding steroid dienone is 1. The zero-order chi connectivity index (χ0) is 22.3. The molecule has 8 heteroatoms. The predicted molar refractivity (Wildman–Crippen MR) is 123 cm³/mol. The van der Waals surface area contributed by atoms with Gasteiger partial charge in [0.2, 0.25) is 0 Å². The van der Waals surface area contributed by atoms with E-state index in [1.165, 1.54) is 4.68 Å². The van der Waals surface area contributed by atoms with E-state index in [1.54, 1.807) is 4.57 Å². The SMILES string of the molecule is C#CCCn1nc(/C=C/CC)n(Cc2ccc(-c3cccc(-c4nnn[nH]4)c3)cc2)c1=O. The van der Waals surface area contributed by atoms with Crippen molar-refractivity contribution in [3.05, 3.63) is 76.5 Å². The minimum atomic E-state index is -0.159. The molecular weight excluding hydrogens is 402 g/mol. The molecule has 2 aromatic carbocycles. The van der Waals surface area contributed by atoms with Crippen molar-refractivity contribution < 1.29 is 0 Å². The van der Waals surface area contributed by atoms with Crippen LogP contribution in [0.5, 0.6) is 0 Å². The number of rotatable bonds is 8. The van der Waals surface area contributed by atoms with Crippen molar-refractivity contribution in [2.75, 3.05) is 0 Å². The summed E-state index contributed by atoms with van der Waals surface area (Å²) in [5.41, 5.74) is 3.87. The van der Waals surface area contributed by atoms with Crippen LogP contribution in [-0.4, -0.2) is 35.0 Å². The van der Waals surface area contributed by atoms with Crippen molar-refractivity contribution in [3.8, 4) is 34.9 Å². The normalized spacial score (nSPS) is 11.1. The first kappa shape index (κ1) is 21.0. The van der Waals surface area contributed by atoms with E-state index in [-0.39, 0.29) is 5.69 Å². The molecule has 0 aliphatic carbocycles. The van der Waals surface area contributed by atoms with Gasteiger partial charge in [-0.15, -0.1) is 17.4 Å². The van der Waals surface area contributed by atoms with Crippen molar-refractivity contribution in [2.24, 2.45) is 0 Å². The molecule has 0 aliphatic rings. The molecule has 0 amide bonds. The Labute approximate surface area is 185 Å². The molecular formula is C24H23N7O. The van der Waals surface area contributed by atoms with E-state index in [4.69, 9.17) is 6.42 Å². The molecule has 160 valence electrons. The summed E-state index contributed by atoms with van der Waals surface area (Å²) in [6.07, 6.45) is 10.5. The monoisotopic (exact) mass is 425 g/mol. The molecule has 2 aromatic heterocycles. The second kappa shape index (κ2) is 9.71. The lowest BCUT2D eigenvalue weighted by Crippen LogP contribution is -2.25. The first-order chi connectivity index (χ1) is 15.7. The van der Waals surface area contributed by atoms with Crippen LogP contribution in [0.3, 0.4) is 0 Å². The lowest BCUT2D eigenvalue weighted by molar-refractivity contribution is 0.592. The topological polar surface area (TPSA) is 94.3 Å². The number of aryl methyl sites for hydroxylation is 1. The van der Waals surface area contributed by atoms with E-state index in [0.29, 0.717) is 31.2 Å². The third-order valence-corrected chi connectivity index (χ3v) is 5.03. The highest BCUT2D eigenvalue weighted by Gasteiger charge is 2.12. The molecule has 2 heterocycles. The summed E-state index contributed by atoms with van der Waals surface area (Å²) in [5.74, 6) is 3.81. The average Bonchev–Trinajstić information content (AvgIpc) is 3.46. The fourth-order valence-corrected chi connectivity index (χ4v) is 3.38. The highest BCUT2D eigenvalue weighted by atomic mass is 16.2. The van der Waals surface area contributed by atoms with Gasteiger partial charge in [-0.25, -0.2) is 14.6 Å². The number of tetrazole rings is 1. The van der Waals surface area contributed by atoms with Gasteiger partial charge in [0.05, 0.1) is 13.1 Å². The Morgan fingerprint density at radius 2 is 1.94 bits per heavy atom. The van der Waals surface area contributed by atoms with Crippen molar-refractivity contribution >= 4 is 6.08 Å². The van der Waals surface area contributed by atoms with E-state index in [0.717, 1.165) is 28.7 Å². The number of terminal acetylenes is 1. The number of hydrogen-bond donors (Lipinski definition) is 1. The largest absolute Gasteiger partial charge is 0.346 e. The third-order valence-electron chi connectivity index (χ3n) is 5.03. The Bertz CT molecular complexity index is 1310. The standard InChI is InChI=1S/C24H23N7O/c1-3-5-10-22-27-31(15-6-4-2)24(32)30(22)17-18-11-13-19(14-12-18)20-8-7-9-21(16-20)23-25-28-29-26-23/h2,5,7-14,16H,3,6,15,17H2,1H3,(H,25,26,28,29)/b10-5+. The molecule has 32 heavy (non-hydrogen) atoms. The van der Waals surface area contributed by atoms with Gasteiger partial charge in [-0.05, 0) is 45.7 Å². The second-order valence-corrected chi connectivity index (χ2v) is 7.24. The van der Waals surface area contributed by atoms with Crippen LogP contribution in [0.2, 0.25) is 0 Å². The Morgan fingerprint density at radius 1 is 1.12 bits per heavy atom. The van der Waals surface area contributed by atoms with Gasteiger partial charge in [0.1, 0.15) is 0 Å². The van der Waals surface area contributed by atoms with Crippen molar-refractivity contribution in [2.45, 2.75) is 32.9 Å². The minimum Gasteiger partial charge on any atom is -0.271 e. The number of nitrogens with one attached hydrogen (secondary N) is 1. The lowest BCUT2D eigenvalue weighted by Gasteiger charge is -2.07. The number of hydrogen-bond acceptors (Lipinski definition) is 5. The average molecular weight is 425 g/mol. The smallest absolute Gasteiger partial charge is 0.271 e. The molecule has 0 aliphatic heterocycles. The fraction of sp³-hybridized carbons (Fsp3) is 0.208. The first-order valence-corrected chi connectivity index (χ1v) is 10.4. The van der Waals surface area contributed by atoms with Crippen LogP contribution in [0.1, 0.15) is 31.2 Å². The van der Waals surface area contributed by atoms with E-state index >= 15 is 0 Å². The highest BCUT2D eigenvalue weighted by Crippen LogP contribution is 2.24. The number of benzene rings is 2. The molecule has 0 bridgehead atoms. The van der Waals surface area contributed by atoms with Gasteiger partial charge in [-0.3, -0.25) is 4.57 Å². The van der Waals surface area contributed by atoms with E-state index < -0.39 is 0 Å². The maximum Gasteiger partial charge on any atom is 0.346 e. The van der Waals surface area contributed by atoms with Crippen LogP contribution in [-0.2, 0) is 13.1 Å². The molecule has 0 saturated heterocycles. The second-order valence-electron chi connectivity index (χ2n) is 7.24. The first-order valence-electron chi connectivity index (χ1n) is 10.4. The molecule has 4 rings (SSSR count). The number of aromatic amines is 1. The van der Waals surface area contributed by atoms with Crippen LogP contribution in [0.15, 0.2) is 59.4 Å². The summed E-state index contributed by atoms with van der Waals surface area (Å²) in [4.78, 5) is 12.8. The van der Waals surface area contributed by atoms with Gasteiger partial charge < -0.3 is 0 Å². The van der Waals surface area contributed by atoms with E-state index in [2.05, 4.69) is 31.6 Å². The molecule has 1 N–H and O–H groups in total. The zero-order valence-corrected chi connectivity index (χ0v) is 17.8. The quantitative estimate of drug-likeness (QED) is 0.437. The Hall–Kier alpha value is -4.25. The molecule has 0 radical (unpaired) electrons. The maximum absolute atomic E-state index is 12.8. The van der Waals surface area contributed by atoms with E-state index in [1.807, 2.05) is 67.6 Å². The van der Waals surface area contributed by atoms with Crippen molar-refractivity contribution in [1.82, 2.24) is 35.0 Å². The highest BCUT2D eigenvalue weighted by molar-refractivity contribution is 5.70. The Kier molecular flexibility index (Phi) is 6.37. The molecule has 4 aromatic rings. The summed E-state index contributed by atoms with van der Waals surface area (Å²) in [5, 5.41) is 18.5. The third kappa shape index (κ3) is 4.57. The molecule has 0 saturated carbocycles. The minimum absolute atomic E-state index is 0.159. The van der Waals surface area contributed by atoms with Crippen LogP contribution in [0, 0.1) is 12.3 Å². The van der Waals surface area contributed by atoms with Crippen molar-refractivity contribution in [3.63, 3.8) is 0 Å². The van der Waals surface area contributed by atoms with Crippen LogP contribution in [0.25, 0.3) is 28.6 Å². The van der Waals surface area contributed by atoms with Crippen molar-refractivity contribution in [1.29, 1.82) is 0 Å². The molecule has 0 spiro atoms. The van der Waals surface area contributed by atoms with Gasteiger partial charge >= 0.3 is 5.69 Å². The molecule has 8 nitrogen and oxygen atoms in total. The number of nitrogens with zero attached hydrogens (tertiary/aromatic N) is 6. The van der Waals surface area contributed by atoms with Gasteiger partial charge in [0.15, 0.2) is 11.6 Å². The molecule has 0 atom stereocenters. The predicted octanol–water partition coefficient (Wildman–Crippen LogP) is 3.39. The number of aromatic nitrogens is 7. The zero-order valence-electron chi connectivity index (χ0n) is 17.8. The van der Waals surface area contributed by atoms with Crippen LogP contribution in [0.4, 0.5) is 0 Å². The molecule has 0 unspecified atom stereocenters. The summed E-state index contributed by atoms with van der Waals surface area (Å²) in [6.45, 7) is 2.88. The van der Waals surface area contributed by atoms with Gasteiger partial charge in [-0.2, -0.15) is 5.10 Å². The number of H-pyrrole nitrogens is 1.